The molecule has 7 heteroatoms. The van der Waals surface area contributed by atoms with E-state index >= 15 is 0 Å². The van der Waals surface area contributed by atoms with E-state index in [-0.39, 0.29) is 40.0 Å². The number of carbonyl (C=O) groups excluding carboxylic acids is 2. The van der Waals surface area contributed by atoms with Crippen LogP contribution in [0.1, 0.15) is 133 Å². The molecule has 1 aromatic rings. The van der Waals surface area contributed by atoms with Gasteiger partial charge in [0.25, 0.3) is 0 Å². The molecule has 2 N–H and O–H groups in total. The Morgan fingerprint density at radius 2 is 1.69 bits per heavy atom. The summed E-state index contributed by atoms with van der Waals surface area (Å²) in [6.45, 7) is 23.0. The highest BCUT2D eigenvalue weighted by Gasteiger charge is 2.69. The number of ketones is 1. The number of Topliss-reactive ketones (excluding diaryl/α,β-unsaturated/α-hetero) is 1. The average Bonchev–Trinajstić information content (AvgIpc) is 3.50. The maximum absolute atomic E-state index is 14.1. The van der Waals surface area contributed by atoms with E-state index in [0.29, 0.717) is 36.8 Å². The van der Waals surface area contributed by atoms with Crippen LogP contribution in [-0.2, 0) is 25.7 Å². The van der Waals surface area contributed by atoms with Crippen molar-refractivity contribution in [3.05, 3.63) is 35.8 Å². The van der Waals surface area contributed by atoms with Crippen LogP contribution < -0.4 is 5.32 Å². The van der Waals surface area contributed by atoms with E-state index < -0.39 is 22.8 Å². The maximum Gasteiger partial charge on any atom is 0.309 e. The van der Waals surface area contributed by atoms with Gasteiger partial charge in [0.1, 0.15) is 11.9 Å². The molecular formula is C41H63NO6. The summed E-state index contributed by atoms with van der Waals surface area (Å²) in [5.41, 5.74) is -0.131. The number of nitrogens with one attached hydrogen (secondary N) is 1. The molecule has 0 aromatic carbocycles. The Morgan fingerprint density at radius 1 is 0.979 bits per heavy atom. The summed E-state index contributed by atoms with van der Waals surface area (Å²) < 4.78 is 11.6. The van der Waals surface area contributed by atoms with Crippen molar-refractivity contribution in [2.75, 3.05) is 6.54 Å². The summed E-state index contributed by atoms with van der Waals surface area (Å²) in [6.07, 6.45) is 12.0. The van der Waals surface area contributed by atoms with Crippen molar-refractivity contribution in [2.24, 2.45) is 56.2 Å². The van der Waals surface area contributed by atoms with Crippen LogP contribution in [0.3, 0.4) is 0 Å². The number of ether oxygens (including phenoxy) is 1. The van der Waals surface area contributed by atoms with E-state index in [2.05, 4.69) is 66.8 Å². The third kappa shape index (κ3) is 6.02. The lowest BCUT2D eigenvalue weighted by atomic mass is 9.33. The van der Waals surface area contributed by atoms with Gasteiger partial charge in [-0.25, -0.2) is 0 Å². The first kappa shape index (κ1) is 36.9. The fourth-order valence-corrected chi connectivity index (χ4v) is 11.6. The van der Waals surface area contributed by atoms with E-state index in [1.165, 1.54) is 5.57 Å². The van der Waals surface area contributed by atoms with Crippen molar-refractivity contribution < 1.29 is 28.6 Å². The zero-order valence-electron chi connectivity index (χ0n) is 31.5. The van der Waals surface area contributed by atoms with Gasteiger partial charge in [0.05, 0.1) is 31.2 Å². The predicted octanol–water partition coefficient (Wildman–Crippen LogP) is 9.01. The Morgan fingerprint density at radius 3 is 2.31 bits per heavy atom. The number of allylic oxidation sites excluding steroid dienone is 2. The number of esters is 1. The summed E-state index contributed by atoms with van der Waals surface area (Å²) in [4.78, 5) is 38.8. The number of hydrogen-bond donors (Lipinski definition) is 2. The van der Waals surface area contributed by atoms with Gasteiger partial charge in [-0.05, 0) is 124 Å². The smallest absolute Gasteiger partial charge is 0.309 e. The monoisotopic (exact) mass is 665 g/mol. The minimum atomic E-state index is -1.15. The third-order valence-electron chi connectivity index (χ3n) is 14.7. The number of aliphatic carboxylic acids is 1. The Kier molecular flexibility index (Phi) is 9.77. The Bertz CT molecular complexity index is 1410. The molecule has 0 amide bonds. The van der Waals surface area contributed by atoms with E-state index in [0.717, 1.165) is 57.1 Å². The van der Waals surface area contributed by atoms with E-state index in [1.807, 2.05) is 12.1 Å². The molecule has 5 rings (SSSR count). The van der Waals surface area contributed by atoms with Gasteiger partial charge in [0.2, 0.25) is 0 Å². The molecule has 4 aliphatic carbocycles. The van der Waals surface area contributed by atoms with Crippen LogP contribution >= 0.6 is 0 Å². The van der Waals surface area contributed by atoms with E-state index in [1.54, 1.807) is 20.1 Å². The summed E-state index contributed by atoms with van der Waals surface area (Å²) in [5, 5.41) is 12.9. The zero-order chi connectivity index (χ0) is 35.5. The van der Waals surface area contributed by atoms with Crippen molar-refractivity contribution in [1.82, 2.24) is 5.32 Å². The molecule has 0 saturated heterocycles. The molecule has 1 aromatic heterocycles. The number of rotatable bonds is 10. The number of carboxylic acid groups (broad SMARTS) is 1. The molecule has 4 fully saturated rings. The van der Waals surface area contributed by atoms with Gasteiger partial charge in [-0.3, -0.25) is 14.4 Å². The second-order valence-electron chi connectivity index (χ2n) is 18.6. The van der Waals surface area contributed by atoms with Crippen molar-refractivity contribution >= 4 is 17.7 Å². The lowest BCUT2D eigenvalue weighted by molar-refractivity contribution is -0.233. The molecule has 0 radical (unpaired) electrons. The fourth-order valence-electron chi connectivity index (χ4n) is 11.6. The molecule has 0 spiro atoms. The van der Waals surface area contributed by atoms with Gasteiger partial charge < -0.3 is 19.6 Å². The molecule has 0 aliphatic heterocycles. The van der Waals surface area contributed by atoms with Gasteiger partial charge in [-0.2, -0.15) is 0 Å². The standard InChI is InChI=1S/C41H63NO6/c1-26(2)22-29-28-13-14-31-39(8)17-16-33(48-34(44)23-36(3,4)35(45)46)37(5,6)30(39)15-18-41(31,10)40(28,9)20-19-38(29,7)32(43)25-42-24-27-12-11-21-47-27/h11-12,21-22,26,28,30-31,33,42H,13-20,23-25H2,1-10H3,(H,45,46)/b29-22+/t28?,30?,31-,33+,38+,39+,40-,41-/m1/s1. The van der Waals surface area contributed by atoms with Crippen LogP contribution in [0.25, 0.3) is 0 Å². The highest BCUT2D eigenvalue weighted by atomic mass is 16.5. The Labute approximate surface area is 289 Å². The highest BCUT2D eigenvalue weighted by molar-refractivity contribution is 5.89. The topological polar surface area (TPSA) is 106 Å². The largest absolute Gasteiger partial charge is 0.481 e. The first-order valence-corrected chi connectivity index (χ1v) is 18.6. The maximum atomic E-state index is 14.1. The molecular weight excluding hydrogens is 602 g/mol. The summed E-state index contributed by atoms with van der Waals surface area (Å²) >= 11 is 0. The first-order valence-electron chi connectivity index (χ1n) is 18.6. The molecule has 268 valence electrons. The van der Waals surface area contributed by atoms with E-state index in [9.17, 15) is 19.5 Å². The van der Waals surface area contributed by atoms with Crippen LogP contribution in [0.4, 0.5) is 0 Å². The lowest BCUT2D eigenvalue weighted by Crippen LogP contribution is -2.66. The molecule has 1 heterocycles. The fraction of sp³-hybridized carbons (Fsp3) is 0.780. The lowest BCUT2D eigenvalue weighted by Gasteiger charge is -2.72. The van der Waals surface area contributed by atoms with Crippen molar-refractivity contribution in [3.63, 3.8) is 0 Å². The second-order valence-corrected chi connectivity index (χ2v) is 18.6. The molecule has 48 heavy (non-hydrogen) atoms. The van der Waals surface area contributed by atoms with Crippen LogP contribution in [0, 0.1) is 56.2 Å². The molecule has 2 unspecified atom stereocenters. The summed E-state index contributed by atoms with van der Waals surface area (Å²) in [6, 6.07) is 3.82. The molecule has 0 bridgehead atoms. The Hall–Kier alpha value is -2.41. The van der Waals surface area contributed by atoms with Crippen LogP contribution in [0.5, 0.6) is 0 Å². The molecule has 8 atom stereocenters. The number of carbonyl (C=O) groups is 3. The van der Waals surface area contributed by atoms with E-state index in [4.69, 9.17) is 9.15 Å². The average molecular weight is 666 g/mol. The van der Waals surface area contributed by atoms with Crippen molar-refractivity contribution in [1.29, 1.82) is 0 Å². The van der Waals surface area contributed by atoms with Gasteiger partial charge in [-0.1, -0.05) is 60.1 Å². The number of carboxylic acids is 1. The van der Waals surface area contributed by atoms with Crippen molar-refractivity contribution in [3.8, 4) is 0 Å². The van der Waals surface area contributed by atoms with Gasteiger partial charge in [-0.15, -0.1) is 0 Å². The first-order chi connectivity index (χ1) is 22.2. The second kappa shape index (κ2) is 12.7. The van der Waals surface area contributed by atoms with Crippen LogP contribution in [0.2, 0.25) is 0 Å². The summed E-state index contributed by atoms with van der Waals surface area (Å²) in [7, 11) is 0. The van der Waals surface area contributed by atoms with Crippen LogP contribution in [0.15, 0.2) is 34.5 Å². The minimum absolute atomic E-state index is 0.0852. The zero-order valence-corrected chi connectivity index (χ0v) is 31.5. The quantitative estimate of drug-likeness (QED) is 0.190. The number of hydrogen-bond acceptors (Lipinski definition) is 6. The molecule has 4 saturated carbocycles. The Balaban J connectivity index is 1.37. The number of furan rings is 1. The van der Waals surface area contributed by atoms with Gasteiger partial charge in [0, 0.05) is 10.8 Å². The predicted molar refractivity (Wildman–Crippen MR) is 188 cm³/mol. The molecule has 4 aliphatic rings. The van der Waals surface area contributed by atoms with Gasteiger partial charge >= 0.3 is 11.9 Å². The highest BCUT2D eigenvalue weighted by Crippen LogP contribution is 2.75. The van der Waals surface area contributed by atoms with Crippen LogP contribution in [-0.4, -0.2) is 35.5 Å². The number of fused-ring (bicyclic) bond motifs is 5. The SMILES string of the molecule is CC(C)/C=C1\C2CC[C@@H]3[C@@]4(C)CC[C@H](OC(=O)CC(C)(C)C(=O)O)C(C)(C)C4CC[C@@]3(C)[C@]2(C)CC[C@]1(C)C(=O)CNCc1ccco1. The normalized spacial score (nSPS) is 38.5. The van der Waals surface area contributed by atoms with Crippen molar-refractivity contribution in [2.45, 2.75) is 140 Å². The van der Waals surface area contributed by atoms with Gasteiger partial charge in [0.15, 0.2) is 5.78 Å². The third-order valence-corrected chi connectivity index (χ3v) is 14.7. The molecule has 7 nitrogen and oxygen atoms in total. The minimum Gasteiger partial charge on any atom is -0.481 e. The summed E-state index contributed by atoms with van der Waals surface area (Å²) in [5.74, 6) is 1.43.